The van der Waals surface area contributed by atoms with Gasteiger partial charge in [0.05, 0.1) is 19.3 Å². The highest BCUT2D eigenvalue weighted by atomic mass is 127. The lowest BCUT2D eigenvalue weighted by atomic mass is 9.89. The molecule has 0 bridgehead atoms. The molecule has 1 unspecified atom stereocenters. The largest absolute Gasteiger partial charge is 0.396 e. The Kier molecular flexibility index (Phi) is 13.9. The number of methoxy groups -OCH3 is 1. The lowest BCUT2D eigenvalue weighted by molar-refractivity contribution is 0.00985. The normalized spacial score (nSPS) is 18.6. The van der Waals surface area contributed by atoms with Crippen molar-refractivity contribution >= 4 is 29.9 Å². The SMILES string of the molecule is CCNC(=NCC(C)(CC)CO)N1CCC(OCCCOC)CC1.I. The maximum absolute atomic E-state index is 9.57. The molecule has 1 rings (SSSR count). The minimum atomic E-state index is -0.135. The summed E-state index contributed by atoms with van der Waals surface area (Å²) in [5, 5.41) is 12.9. The van der Waals surface area contributed by atoms with Crippen LogP contribution in [0.4, 0.5) is 0 Å². The van der Waals surface area contributed by atoms with Gasteiger partial charge in [-0.15, -0.1) is 24.0 Å². The van der Waals surface area contributed by atoms with Gasteiger partial charge in [-0.1, -0.05) is 13.8 Å². The lowest BCUT2D eigenvalue weighted by Gasteiger charge is -2.35. The van der Waals surface area contributed by atoms with E-state index in [1.807, 2.05) is 0 Å². The molecule has 0 saturated carbocycles. The van der Waals surface area contributed by atoms with Crippen molar-refractivity contribution in [2.45, 2.75) is 52.6 Å². The number of guanidine groups is 1. The molecular weight excluding hydrogens is 433 g/mol. The van der Waals surface area contributed by atoms with Crippen molar-refractivity contribution in [1.82, 2.24) is 10.2 Å². The van der Waals surface area contributed by atoms with E-state index in [9.17, 15) is 5.11 Å². The third-order valence-electron chi connectivity index (χ3n) is 4.77. The molecule has 0 aromatic heterocycles. The van der Waals surface area contributed by atoms with E-state index >= 15 is 0 Å². The van der Waals surface area contributed by atoms with Crippen LogP contribution >= 0.6 is 24.0 Å². The fourth-order valence-corrected chi connectivity index (χ4v) is 2.65. The molecule has 0 radical (unpaired) electrons. The predicted molar refractivity (Wildman–Crippen MR) is 114 cm³/mol. The van der Waals surface area contributed by atoms with Gasteiger partial charge in [0.1, 0.15) is 0 Å². The predicted octanol–water partition coefficient (Wildman–Crippen LogP) is 2.50. The number of hydrogen-bond donors (Lipinski definition) is 2. The van der Waals surface area contributed by atoms with Gasteiger partial charge in [0.25, 0.3) is 0 Å². The summed E-state index contributed by atoms with van der Waals surface area (Å²) in [6.07, 6.45) is 4.28. The molecule has 1 aliphatic heterocycles. The Morgan fingerprint density at radius 3 is 2.48 bits per heavy atom. The molecule has 150 valence electrons. The Hall–Kier alpha value is -0.120. The number of aliphatic hydroxyl groups is 1. The summed E-state index contributed by atoms with van der Waals surface area (Å²) in [7, 11) is 1.72. The van der Waals surface area contributed by atoms with Crippen LogP contribution in [-0.2, 0) is 9.47 Å². The number of aliphatic imine (C=N–C) groups is 1. The van der Waals surface area contributed by atoms with E-state index in [0.717, 1.165) is 64.5 Å². The standard InChI is InChI=1S/C18H37N3O3.HI/c1-5-18(3,15-22)14-20-17(19-6-2)21-10-8-16(9-11-21)24-13-7-12-23-4;/h16,22H,5-15H2,1-4H3,(H,19,20);1H. The van der Waals surface area contributed by atoms with Crippen LogP contribution in [0.1, 0.15) is 46.5 Å². The van der Waals surface area contributed by atoms with Gasteiger partial charge in [0.15, 0.2) is 5.96 Å². The Bertz CT molecular complexity index is 357. The van der Waals surface area contributed by atoms with Gasteiger partial charge in [-0.05, 0) is 32.6 Å². The van der Waals surface area contributed by atoms with Crippen molar-refractivity contribution in [1.29, 1.82) is 0 Å². The van der Waals surface area contributed by atoms with E-state index in [0.29, 0.717) is 12.6 Å². The highest BCUT2D eigenvalue weighted by Gasteiger charge is 2.24. The minimum Gasteiger partial charge on any atom is -0.396 e. The van der Waals surface area contributed by atoms with E-state index < -0.39 is 0 Å². The van der Waals surface area contributed by atoms with Crippen molar-refractivity contribution in [3.05, 3.63) is 0 Å². The van der Waals surface area contributed by atoms with Crippen LogP contribution in [0.3, 0.4) is 0 Å². The maximum Gasteiger partial charge on any atom is 0.193 e. The number of aliphatic hydroxyl groups excluding tert-OH is 1. The number of nitrogens with one attached hydrogen (secondary N) is 1. The molecule has 0 aromatic rings. The van der Waals surface area contributed by atoms with Crippen LogP contribution in [0.25, 0.3) is 0 Å². The molecule has 0 aliphatic carbocycles. The molecule has 6 nitrogen and oxygen atoms in total. The molecule has 0 amide bonds. The molecule has 7 heteroatoms. The highest BCUT2D eigenvalue weighted by Crippen LogP contribution is 2.21. The summed E-state index contributed by atoms with van der Waals surface area (Å²) in [4.78, 5) is 7.09. The van der Waals surface area contributed by atoms with E-state index in [1.54, 1.807) is 7.11 Å². The molecule has 1 fully saturated rings. The zero-order valence-corrected chi connectivity index (χ0v) is 18.8. The monoisotopic (exact) mass is 471 g/mol. The lowest BCUT2D eigenvalue weighted by Crippen LogP contribution is -2.47. The van der Waals surface area contributed by atoms with Gasteiger partial charge in [0.2, 0.25) is 0 Å². The topological polar surface area (TPSA) is 66.3 Å². The number of piperidine rings is 1. The Morgan fingerprint density at radius 1 is 1.28 bits per heavy atom. The number of hydrogen-bond acceptors (Lipinski definition) is 4. The Labute approximate surface area is 170 Å². The average Bonchev–Trinajstić information content (AvgIpc) is 2.62. The molecule has 1 heterocycles. The van der Waals surface area contributed by atoms with Crippen LogP contribution < -0.4 is 5.32 Å². The van der Waals surface area contributed by atoms with E-state index in [4.69, 9.17) is 14.5 Å². The minimum absolute atomic E-state index is 0. The Morgan fingerprint density at radius 2 is 1.96 bits per heavy atom. The summed E-state index contributed by atoms with van der Waals surface area (Å²) >= 11 is 0. The van der Waals surface area contributed by atoms with Crippen molar-refractivity contribution in [3.8, 4) is 0 Å². The first-order chi connectivity index (χ1) is 11.6. The molecule has 2 N–H and O–H groups in total. The number of likely N-dealkylation sites (tertiary alicyclic amines) is 1. The summed E-state index contributed by atoms with van der Waals surface area (Å²) in [6.45, 7) is 11.4. The molecule has 1 aliphatic rings. The zero-order chi connectivity index (χ0) is 17.8. The fraction of sp³-hybridized carbons (Fsp3) is 0.944. The number of rotatable bonds is 10. The van der Waals surface area contributed by atoms with Crippen LogP contribution in [0.15, 0.2) is 4.99 Å². The number of nitrogens with zero attached hydrogens (tertiary/aromatic N) is 2. The summed E-state index contributed by atoms with van der Waals surface area (Å²) in [5.41, 5.74) is -0.135. The van der Waals surface area contributed by atoms with Crippen LogP contribution in [-0.4, -0.2) is 75.2 Å². The number of ether oxygens (including phenoxy) is 2. The second-order valence-corrected chi connectivity index (χ2v) is 6.90. The van der Waals surface area contributed by atoms with E-state index in [1.165, 1.54) is 0 Å². The molecular formula is C18H38IN3O3. The average molecular weight is 471 g/mol. The van der Waals surface area contributed by atoms with Gasteiger partial charge < -0.3 is 24.8 Å². The van der Waals surface area contributed by atoms with Crippen molar-refractivity contribution in [3.63, 3.8) is 0 Å². The third-order valence-corrected chi connectivity index (χ3v) is 4.77. The van der Waals surface area contributed by atoms with Gasteiger partial charge in [-0.2, -0.15) is 0 Å². The summed E-state index contributed by atoms with van der Waals surface area (Å²) < 4.78 is 11.0. The van der Waals surface area contributed by atoms with Crippen LogP contribution in [0, 0.1) is 5.41 Å². The first-order valence-corrected chi connectivity index (χ1v) is 9.33. The van der Waals surface area contributed by atoms with Gasteiger partial charge in [0, 0.05) is 45.4 Å². The second kappa shape index (κ2) is 14.0. The first kappa shape index (κ1) is 24.9. The van der Waals surface area contributed by atoms with Crippen LogP contribution in [0.5, 0.6) is 0 Å². The van der Waals surface area contributed by atoms with Crippen molar-refractivity contribution in [2.24, 2.45) is 10.4 Å². The molecule has 25 heavy (non-hydrogen) atoms. The quantitative estimate of drug-likeness (QED) is 0.222. The Balaban J connectivity index is 0.00000576. The summed E-state index contributed by atoms with van der Waals surface area (Å²) in [5.74, 6) is 0.962. The van der Waals surface area contributed by atoms with Gasteiger partial charge in [-0.25, -0.2) is 0 Å². The van der Waals surface area contributed by atoms with E-state index in [-0.39, 0.29) is 36.0 Å². The molecule has 1 atom stereocenters. The van der Waals surface area contributed by atoms with Crippen molar-refractivity contribution < 1.29 is 14.6 Å². The third kappa shape index (κ3) is 9.40. The number of halogens is 1. The van der Waals surface area contributed by atoms with Crippen LogP contribution in [0.2, 0.25) is 0 Å². The molecule has 0 spiro atoms. The smallest absolute Gasteiger partial charge is 0.193 e. The first-order valence-electron chi connectivity index (χ1n) is 9.33. The fourth-order valence-electron chi connectivity index (χ4n) is 2.65. The molecule has 1 saturated heterocycles. The second-order valence-electron chi connectivity index (χ2n) is 6.90. The molecule has 0 aromatic carbocycles. The summed E-state index contributed by atoms with van der Waals surface area (Å²) in [6, 6.07) is 0. The van der Waals surface area contributed by atoms with Gasteiger partial charge >= 0.3 is 0 Å². The maximum atomic E-state index is 9.57. The van der Waals surface area contributed by atoms with E-state index in [2.05, 4.69) is 31.0 Å². The van der Waals surface area contributed by atoms with Crippen molar-refractivity contribution in [2.75, 3.05) is 53.1 Å². The van der Waals surface area contributed by atoms with Gasteiger partial charge in [-0.3, -0.25) is 4.99 Å². The highest BCUT2D eigenvalue weighted by molar-refractivity contribution is 14.0. The zero-order valence-electron chi connectivity index (χ0n) is 16.4.